The van der Waals surface area contributed by atoms with Gasteiger partial charge < -0.3 is 10.3 Å². The largest absolute Gasteiger partial charge is 0.340 e. The summed E-state index contributed by atoms with van der Waals surface area (Å²) in [5.41, 5.74) is 0.629. The van der Waals surface area contributed by atoms with Crippen molar-refractivity contribution in [1.82, 2.24) is 19.9 Å². The lowest BCUT2D eigenvalue weighted by molar-refractivity contribution is 0.914. The summed E-state index contributed by atoms with van der Waals surface area (Å²) in [4.78, 5) is 26.9. The molecule has 0 amide bonds. The zero-order chi connectivity index (χ0) is 14.5. The number of anilines is 2. The van der Waals surface area contributed by atoms with Gasteiger partial charge in [0.1, 0.15) is 5.82 Å². The second kappa shape index (κ2) is 6.19. The maximum Gasteiger partial charge on any atom is 0.253 e. The molecule has 2 N–H and O–H groups in total. The van der Waals surface area contributed by atoms with E-state index in [4.69, 9.17) is 0 Å². The summed E-state index contributed by atoms with van der Waals surface area (Å²) in [6.45, 7) is 0. The maximum absolute atomic E-state index is 11.7. The van der Waals surface area contributed by atoms with Gasteiger partial charge in [0.05, 0.1) is 0 Å². The Hall–Kier alpha value is -2.67. The lowest BCUT2D eigenvalue weighted by atomic mass is 10.3. The fourth-order valence-electron chi connectivity index (χ4n) is 1.64. The Morgan fingerprint density at radius 2 is 1.81 bits per heavy atom. The minimum Gasteiger partial charge on any atom is -0.340 e. The normalized spacial score (nSPS) is 10.3. The van der Waals surface area contributed by atoms with E-state index in [9.17, 15) is 4.79 Å². The van der Waals surface area contributed by atoms with Crippen LogP contribution in [0.15, 0.2) is 70.0 Å². The highest BCUT2D eigenvalue weighted by Gasteiger charge is 2.05. The molecule has 0 bridgehead atoms. The predicted molar refractivity (Wildman–Crippen MR) is 80.7 cm³/mol. The quantitative estimate of drug-likeness (QED) is 0.720. The fourth-order valence-corrected chi connectivity index (χ4v) is 2.34. The van der Waals surface area contributed by atoms with Crippen LogP contribution in [0, 0.1) is 0 Å². The van der Waals surface area contributed by atoms with Gasteiger partial charge >= 0.3 is 0 Å². The van der Waals surface area contributed by atoms with Gasteiger partial charge in [-0.15, -0.1) is 0 Å². The summed E-state index contributed by atoms with van der Waals surface area (Å²) in [7, 11) is 0. The average Bonchev–Trinajstić information content (AvgIpc) is 2.48. The van der Waals surface area contributed by atoms with Crippen LogP contribution < -0.4 is 10.9 Å². The van der Waals surface area contributed by atoms with E-state index in [-0.39, 0.29) is 5.56 Å². The van der Waals surface area contributed by atoms with E-state index in [1.165, 1.54) is 17.8 Å². The number of hydrogen-bond acceptors (Lipinski definition) is 6. The van der Waals surface area contributed by atoms with Crippen LogP contribution in [0.5, 0.6) is 0 Å². The summed E-state index contributed by atoms with van der Waals surface area (Å²) >= 11 is 1.20. The van der Waals surface area contributed by atoms with Gasteiger partial charge in [-0.05, 0) is 30.0 Å². The van der Waals surface area contributed by atoms with Gasteiger partial charge in [0.15, 0.2) is 10.3 Å². The highest BCUT2D eigenvalue weighted by Crippen LogP contribution is 2.21. The first-order valence-corrected chi connectivity index (χ1v) is 6.99. The smallest absolute Gasteiger partial charge is 0.253 e. The Balaban J connectivity index is 1.85. The molecule has 0 saturated heterocycles. The fraction of sp³-hybridized carbons (Fsp3) is 0. The molecule has 104 valence electrons. The van der Waals surface area contributed by atoms with Crippen LogP contribution in [-0.4, -0.2) is 19.9 Å². The van der Waals surface area contributed by atoms with E-state index in [0.717, 1.165) is 5.69 Å². The summed E-state index contributed by atoms with van der Waals surface area (Å²) in [6, 6.07) is 12.7. The molecule has 0 radical (unpaired) electrons. The van der Waals surface area contributed by atoms with Crippen LogP contribution in [0.25, 0.3) is 0 Å². The van der Waals surface area contributed by atoms with Crippen LogP contribution in [0.1, 0.15) is 0 Å². The standard InChI is InChI=1S/C14H11N5OS/c20-12-9-11(17-10-5-2-1-3-6-10)18-14(19-12)21-13-15-7-4-8-16-13/h1-9H,(H2,17,18,19,20). The second-order valence-electron chi connectivity index (χ2n) is 4.06. The van der Waals surface area contributed by atoms with E-state index >= 15 is 0 Å². The number of hydrogen-bond donors (Lipinski definition) is 2. The molecule has 0 aliphatic heterocycles. The summed E-state index contributed by atoms with van der Waals surface area (Å²) in [6.07, 6.45) is 3.28. The lowest BCUT2D eigenvalue weighted by Gasteiger charge is -2.06. The molecule has 21 heavy (non-hydrogen) atoms. The molecule has 0 aliphatic carbocycles. The summed E-state index contributed by atoms with van der Waals surface area (Å²) in [5, 5.41) is 4.05. The first-order valence-electron chi connectivity index (χ1n) is 6.18. The van der Waals surface area contributed by atoms with Crippen LogP contribution in [0.4, 0.5) is 11.5 Å². The highest BCUT2D eigenvalue weighted by atomic mass is 32.2. The SMILES string of the molecule is O=c1cc(Nc2ccccc2)nc(Sc2ncccn2)[nH]1. The Morgan fingerprint density at radius 3 is 2.57 bits per heavy atom. The zero-order valence-corrected chi connectivity index (χ0v) is 11.7. The Bertz CT molecular complexity index is 713. The number of nitrogens with one attached hydrogen (secondary N) is 2. The molecule has 0 unspecified atom stereocenters. The van der Waals surface area contributed by atoms with Gasteiger partial charge in [-0.1, -0.05) is 18.2 Å². The van der Waals surface area contributed by atoms with Crippen LogP contribution >= 0.6 is 11.8 Å². The second-order valence-corrected chi connectivity index (χ2v) is 5.02. The van der Waals surface area contributed by atoms with Gasteiger partial charge in [0.25, 0.3) is 5.56 Å². The number of H-pyrrole nitrogens is 1. The van der Waals surface area contributed by atoms with E-state index < -0.39 is 0 Å². The molecule has 6 nitrogen and oxygen atoms in total. The predicted octanol–water partition coefficient (Wildman–Crippen LogP) is 2.45. The number of nitrogens with zero attached hydrogens (tertiary/aromatic N) is 3. The van der Waals surface area contributed by atoms with Crippen molar-refractivity contribution in [3.8, 4) is 0 Å². The third-order valence-corrected chi connectivity index (χ3v) is 3.28. The minimum atomic E-state index is -0.234. The van der Waals surface area contributed by atoms with Gasteiger partial charge in [-0.25, -0.2) is 15.0 Å². The Labute approximate surface area is 124 Å². The number of aromatic nitrogens is 4. The molecule has 0 saturated carbocycles. The molecule has 3 aromatic rings. The van der Waals surface area contributed by atoms with Gasteiger partial charge in [-0.3, -0.25) is 4.79 Å². The summed E-state index contributed by atoms with van der Waals surface area (Å²) in [5.74, 6) is 0.475. The van der Waals surface area contributed by atoms with Crippen molar-refractivity contribution in [1.29, 1.82) is 0 Å². The first-order chi connectivity index (χ1) is 10.3. The number of benzene rings is 1. The molecule has 7 heteroatoms. The van der Waals surface area contributed by atoms with Gasteiger partial charge in [-0.2, -0.15) is 0 Å². The van der Waals surface area contributed by atoms with Crippen molar-refractivity contribution >= 4 is 23.3 Å². The third-order valence-electron chi connectivity index (χ3n) is 2.50. The molecule has 0 fully saturated rings. The first kappa shape index (κ1) is 13.3. The Morgan fingerprint density at radius 1 is 1.05 bits per heavy atom. The van der Waals surface area contributed by atoms with Gasteiger partial charge in [0, 0.05) is 24.1 Å². The van der Waals surface area contributed by atoms with E-state index in [1.54, 1.807) is 18.5 Å². The number of para-hydroxylation sites is 1. The van der Waals surface area contributed by atoms with E-state index in [0.29, 0.717) is 16.1 Å². The van der Waals surface area contributed by atoms with E-state index in [2.05, 4.69) is 25.3 Å². The monoisotopic (exact) mass is 297 g/mol. The van der Waals surface area contributed by atoms with Crippen molar-refractivity contribution in [2.24, 2.45) is 0 Å². The molecule has 1 aromatic carbocycles. The maximum atomic E-state index is 11.7. The van der Waals surface area contributed by atoms with Crippen LogP contribution in [0.2, 0.25) is 0 Å². The lowest BCUT2D eigenvalue weighted by Crippen LogP contribution is -2.09. The van der Waals surface area contributed by atoms with E-state index in [1.807, 2.05) is 30.3 Å². The van der Waals surface area contributed by atoms with Gasteiger partial charge in [0.2, 0.25) is 0 Å². The molecular weight excluding hydrogens is 286 g/mol. The van der Waals surface area contributed by atoms with Crippen molar-refractivity contribution in [2.75, 3.05) is 5.32 Å². The zero-order valence-electron chi connectivity index (χ0n) is 10.9. The van der Waals surface area contributed by atoms with Crippen molar-refractivity contribution in [3.63, 3.8) is 0 Å². The van der Waals surface area contributed by atoms with Crippen molar-refractivity contribution < 1.29 is 0 Å². The molecule has 2 heterocycles. The Kier molecular flexibility index (Phi) is 3.92. The van der Waals surface area contributed by atoms with Crippen LogP contribution in [0.3, 0.4) is 0 Å². The molecule has 0 aliphatic rings. The third kappa shape index (κ3) is 3.67. The minimum absolute atomic E-state index is 0.234. The average molecular weight is 297 g/mol. The highest BCUT2D eigenvalue weighted by molar-refractivity contribution is 7.99. The topological polar surface area (TPSA) is 83.6 Å². The molecular formula is C14H11N5OS. The number of aromatic amines is 1. The number of rotatable bonds is 4. The molecule has 3 rings (SSSR count). The van der Waals surface area contributed by atoms with Crippen molar-refractivity contribution in [2.45, 2.75) is 10.3 Å². The van der Waals surface area contributed by atoms with Crippen LogP contribution in [-0.2, 0) is 0 Å². The summed E-state index contributed by atoms with van der Waals surface area (Å²) < 4.78 is 0. The molecule has 2 aromatic heterocycles. The molecule has 0 spiro atoms. The molecule has 0 atom stereocenters. The van der Waals surface area contributed by atoms with Crippen molar-refractivity contribution in [3.05, 3.63) is 65.2 Å².